The number of hydrogen-bond donors (Lipinski definition) is 6. The third kappa shape index (κ3) is 7.00. The van der Waals surface area contributed by atoms with Gasteiger partial charge in [0.1, 0.15) is 54.6 Å². The highest BCUT2D eigenvalue weighted by molar-refractivity contribution is 8.07. The summed E-state index contributed by atoms with van der Waals surface area (Å²) in [7, 11) is -1.74. The Hall–Kier alpha value is -3.11. The first-order chi connectivity index (χ1) is 25.5. The van der Waals surface area contributed by atoms with E-state index in [0.717, 1.165) is 29.0 Å². The second-order valence-corrected chi connectivity index (χ2v) is 17.0. The molecule has 7 N–H and O–H groups in total. The van der Waals surface area contributed by atoms with Crippen molar-refractivity contribution in [2.24, 2.45) is 0 Å². The van der Waals surface area contributed by atoms with E-state index in [4.69, 9.17) is 45.1 Å². The summed E-state index contributed by atoms with van der Waals surface area (Å²) < 4.78 is 40.9. The topological polar surface area (TPSA) is 264 Å². The number of aliphatic hydroxyl groups excluding tert-OH is 3. The van der Waals surface area contributed by atoms with E-state index in [9.17, 15) is 29.8 Å². The summed E-state index contributed by atoms with van der Waals surface area (Å²) in [5.41, 5.74) is 5.93. The Morgan fingerprint density at radius 2 is 1.79 bits per heavy atom. The zero-order valence-corrected chi connectivity index (χ0v) is 30.2. The highest BCUT2D eigenvalue weighted by atomic mass is 32.5. The predicted molar refractivity (Wildman–Crippen MR) is 187 cm³/mol. The lowest BCUT2D eigenvalue weighted by molar-refractivity contribution is -0.0570. The summed E-state index contributed by atoms with van der Waals surface area (Å²) in [4.78, 5) is 50.2. The highest BCUT2D eigenvalue weighted by Gasteiger charge is 2.54. The zero-order chi connectivity index (χ0) is 37.0. The van der Waals surface area contributed by atoms with E-state index in [1.54, 1.807) is 0 Å². The van der Waals surface area contributed by atoms with Crippen LogP contribution in [-0.2, 0) is 39.4 Å². The Morgan fingerprint density at radius 3 is 2.57 bits per heavy atom. The van der Waals surface area contributed by atoms with Crippen LogP contribution in [0, 0.1) is 0 Å². The number of imidazole rings is 1. The standard InChI is InChI=1S/C30H36N8O12P2S/c31-26-20-27(33-13-32-26)37(14-34-20)29-22(42)25(17(11-39)46-29)50-52(44,53)45-12-18-24(21(41)28(47-18)36-10-8-19(40)35-30(36)43)49-51-38-9-4-7-16(38)23(48-51)15-5-2-1-3-6-15/h1-3,5-6,8,10,13-14,16-18,21-25,28-29,39,41-42H,4,7,9,11-12H2,(H,44,53)(H2,31,32,33)(H,35,40,43)/t16-,17+,18+,21+,22+,23+,24+,25+,28+,29+,51?,52?/m0/s1. The number of aromatic nitrogens is 6. The van der Waals surface area contributed by atoms with E-state index >= 15 is 0 Å². The average Bonchev–Trinajstić information content (AvgIpc) is 3.96. The Bertz CT molecular complexity index is 2110. The second kappa shape index (κ2) is 14.9. The smallest absolute Gasteiger partial charge is 0.330 e. The average molecular weight is 795 g/mol. The number of aromatic amines is 1. The minimum Gasteiger partial charge on any atom is -0.394 e. The molecule has 0 saturated carbocycles. The van der Waals surface area contributed by atoms with E-state index in [1.165, 1.54) is 23.4 Å². The molecule has 284 valence electrons. The summed E-state index contributed by atoms with van der Waals surface area (Å²) in [6.07, 6.45) is -5.06. The van der Waals surface area contributed by atoms with Crippen molar-refractivity contribution in [1.29, 1.82) is 0 Å². The number of nitrogen functional groups attached to an aromatic ring is 1. The van der Waals surface area contributed by atoms with Crippen LogP contribution in [0.1, 0.15) is 37.0 Å². The van der Waals surface area contributed by atoms with Gasteiger partial charge in [-0.25, -0.2) is 24.4 Å². The molecule has 2 unspecified atom stereocenters. The van der Waals surface area contributed by atoms with Crippen LogP contribution >= 0.6 is 15.2 Å². The summed E-state index contributed by atoms with van der Waals surface area (Å²) in [6.45, 7) is -4.68. The SMILES string of the molecule is Nc1ncnc2c1ncn2[C@@H]1O[C@H](CO)[C@@H](OP(O)(=S)OC[C@H]2O[C@@H](n3ccc(=O)[nH]c3=O)[C@H](O)[C@@H]2OP2O[C@H](c3ccccc3)[C@@H]3CCCN32)[C@H]1O. The number of rotatable bonds is 11. The summed E-state index contributed by atoms with van der Waals surface area (Å²) in [5.74, 6) is 0.109. The number of nitrogens with one attached hydrogen (secondary N) is 1. The lowest BCUT2D eigenvalue weighted by Gasteiger charge is -2.28. The van der Waals surface area contributed by atoms with E-state index in [2.05, 4.69) is 24.6 Å². The summed E-state index contributed by atoms with van der Waals surface area (Å²) in [6, 6.07) is 10.9. The molecule has 0 bridgehead atoms. The van der Waals surface area contributed by atoms with Crippen molar-refractivity contribution in [3.05, 3.63) is 81.7 Å². The fourth-order valence-corrected chi connectivity index (χ4v) is 10.6. The molecule has 0 amide bonds. The molecule has 4 aromatic rings. The fraction of sp³-hybridized carbons (Fsp3) is 0.500. The van der Waals surface area contributed by atoms with Crippen molar-refractivity contribution in [2.45, 2.75) is 74.1 Å². The third-order valence-electron chi connectivity index (χ3n) is 9.62. The predicted octanol–water partition coefficient (Wildman–Crippen LogP) is -0.0658. The van der Waals surface area contributed by atoms with Gasteiger partial charge in [0, 0.05) is 24.8 Å². The molecule has 4 saturated heterocycles. The number of anilines is 1. The van der Waals surface area contributed by atoms with E-state index in [-0.39, 0.29) is 29.1 Å². The monoisotopic (exact) mass is 794 g/mol. The van der Waals surface area contributed by atoms with Gasteiger partial charge in [-0.3, -0.25) is 23.4 Å². The van der Waals surface area contributed by atoms with Crippen molar-refractivity contribution in [3.63, 3.8) is 0 Å². The van der Waals surface area contributed by atoms with Crippen LogP contribution in [0.4, 0.5) is 5.82 Å². The minimum absolute atomic E-state index is 0.0424. The number of fused-ring (bicyclic) bond motifs is 2. The molecule has 4 fully saturated rings. The molecular weight excluding hydrogens is 758 g/mol. The van der Waals surface area contributed by atoms with Gasteiger partial charge in [0.2, 0.25) is 0 Å². The van der Waals surface area contributed by atoms with Crippen molar-refractivity contribution < 1.29 is 47.8 Å². The number of benzene rings is 1. The van der Waals surface area contributed by atoms with Crippen molar-refractivity contribution in [1.82, 2.24) is 33.7 Å². The van der Waals surface area contributed by atoms with Crippen LogP contribution in [0.3, 0.4) is 0 Å². The molecule has 12 atom stereocenters. The highest BCUT2D eigenvalue weighted by Crippen LogP contribution is 2.62. The summed E-state index contributed by atoms with van der Waals surface area (Å²) in [5, 5.41) is 33.0. The normalized spacial score (nSPS) is 34.2. The Morgan fingerprint density at radius 1 is 1.04 bits per heavy atom. The lowest BCUT2D eigenvalue weighted by atomic mass is 10.0. The number of nitrogens with two attached hydrogens (primary N) is 1. The van der Waals surface area contributed by atoms with Crippen molar-refractivity contribution in [2.75, 3.05) is 25.5 Å². The van der Waals surface area contributed by atoms with Gasteiger partial charge in [0.15, 0.2) is 23.9 Å². The molecule has 8 rings (SSSR count). The maximum absolute atomic E-state index is 12.8. The van der Waals surface area contributed by atoms with Gasteiger partial charge < -0.3 is 49.0 Å². The second-order valence-electron chi connectivity index (χ2n) is 12.8. The minimum atomic E-state index is -4.26. The number of nitrogens with zero attached hydrogens (tertiary/aromatic N) is 6. The molecule has 0 aliphatic carbocycles. The fourth-order valence-electron chi connectivity index (χ4n) is 7.11. The van der Waals surface area contributed by atoms with Crippen molar-refractivity contribution in [3.8, 4) is 0 Å². The third-order valence-corrected chi connectivity index (χ3v) is 12.9. The molecular formula is C30H36N8O12P2S. The first-order valence-corrected chi connectivity index (χ1v) is 20.4. The van der Waals surface area contributed by atoms with Gasteiger partial charge >= 0.3 is 12.4 Å². The van der Waals surface area contributed by atoms with Crippen LogP contribution in [0.2, 0.25) is 0 Å². The molecule has 0 spiro atoms. The molecule has 53 heavy (non-hydrogen) atoms. The number of ether oxygens (including phenoxy) is 2. The quantitative estimate of drug-likeness (QED) is 0.109. The maximum atomic E-state index is 12.8. The first-order valence-electron chi connectivity index (χ1n) is 16.7. The Labute approximate surface area is 306 Å². The largest absolute Gasteiger partial charge is 0.394 e. The molecule has 4 aliphatic heterocycles. The number of aliphatic hydroxyl groups is 3. The van der Waals surface area contributed by atoms with Gasteiger partial charge in [-0.05, 0) is 30.2 Å². The summed E-state index contributed by atoms with van der Waals surface area (Å²) >= 11 is 5.34. The zero-order valence-electron chi connectivity index (χ0n) is 27.6. The molecule has 20 nitrogen and oxygen atoms in total. The van der Waals surface area contributed by atoms with Gasteiger partial charge in [-0.15, -0.1) is 0 Å². The molecule has 1 aromatic carbocycles. The molecule has 7 heterocycles. The van der Waals surface area contributed by atoms with Crippen molar-refractivity contribution >= 4 is 44.0 Å². The van der Waals surface area contributed by atoms with Crippen LogP contribution < -0.4 is 17.0 Å². The van der Waals surface area contributed by atoms with Gasteiger partial charge in [-0.2, -0.15) is 0 Å². The first kappa shape index (κ1) is 36.8. The van der Waals surface area contributed by atoms with E-state index in [1.807, 2.05) is 30.3 Å². The van der Waals surface area contributed by atoms with Gasteiger partial charge in [0.25, 0.3) is 14.1 Å². The lowest BCUT2D eigenvalue weighted by Crippen LogP contribution is -2.39. The van der Waals surface area contributed by atoms with Gasteiger partial charge in [-0.1, -0.05) is 30.3 Å². The molecule has 0 radical (unpaired) electrons. The van der Waals surface area contributed by atoms with E-state index in [0.29, 0.717) is 6.54 Å². The van der Waals surface area contributed by atoms with Crippen LogP contribution in [-0.4, -0.2) is 116 Å². The van der Waals surface area contributed by atoms with E-state index < -0.39 is 88.8 Å². The maximum Gasteiger partial charge on any atom is 0.330 e. The number of hydrogen-bond acceptors (Lipinski definition) is 17. The molecule has 4 aliphatic rings. The van der Waals surface area contributed by atoms with Gasteiger partial charge in [0.05, 0.1) is 19.5 Å². The van der Waals surface area contributed by atoms with Crippen LogP contribution in [0.5, 0.6) is 0 Å². The van der Waals surface area contributed by atoms with Crippen LogP contribution in [0.15, 0.2) is 64.8 Å². The Balaban J connectivity index is 1.01. The Kier molecular flexibility index (Phi) is 10.3. The molecule has 3 aromatic heterocycles. The van der Waals surface area contributed by atoms with Crippen LogP contribution in [0.25, 0.3) is 11.2 Å². The number of H-pyrrole nitrogens is 1. The molecule has 23 heteroatoms.